The fourth-order valence-corrected chi connectivity index (χ4v) is 6.55. The SMILES string of the molecule is Cc1cc(Cl)cc(-c2ncnc3cc(CN4CC(C(F)F)CC4=O)sc23)c1CC1CNCC(C)(C)O1. The van der Waals surface area contributed by atoms with E-state index in [1.807, 2.05) is 25.1 Å². The van der Waals surface area contributed by atoms with Gasteiger partial charge in [0.25, 0.3) is 0 Å². The summed E-state index contributed by atoms with van der Waals surface area (Å²) in [6.07, 6.45) is -0.349. The largest absolute Gasteiger partial charge is 0.369 e. The molecule has 2 aromatic heterocycles. The Bertz CT molecular complexity index is 1300. The minimum atomic E-state index is -2.49. The van der Waals surface area contributed by atoms with Gasteiger partial charge in [-0.2, -0.15) is 0 Å². The molecule has 1 aromatic carbocycles. The Labute approximate surface area is 218 Å². The van der Waals surface area contributed by atoms with Crippen molar-refractivity contribution in [3.63, 3.8) is 0 Å². The second-order valence-electron chi connectivity index (χ2n) is 10.3. The van der Waals surface area contributed by atoms with E-state index in [1.165, 1.54) is 22.6 Å². The number of hydrogen-bond donors (Lipinski definition) is 1. The first-order valence-corrected chi connectivity index (χ1v) is 13.3. The summed E-state index contributed by atoms with van der Waals surface area (Å²) < 4.78 is 33.5. The van der Waals surface area contributed by atoms with Crippen LogP contribution in [-0.2, 0) is 22.5 Å². The van der Waals surface area contributed by atoms with Crippen LogP contribution in [0.1, 0.15) is 36.3 Å². The van der Waals surface area contributed by atoms with Crippen molar-refractivity contribution in [2.45, 2.75) is 58.3 Å². The summed E-state index contributed by atoms with van der Waals surface area (Å²) in [6, 6.07) is 5.81. The van der Waals surface area contributed by atoms with Crippen molar-refractivity contribution in [1.29, 1.82) is 0 Å². The van der Waals surface area contributed by atoms with Crippen molar-refractivity contribution in [2.24, 2.45) is 5.92 Å². The topological polar surface area (TPSA) is 67.4 Å². The van der Waals surface area contributed by atoms with Gasteiger partial charge in [-0.05, 0) is 50.1 Å². The van der Waals surface area contributed by atoms with E-state index in [4.69, 9.17) is 16.3 Å². The van der Waals surface area contributed by atoms with Crippen LogP contribution in [0, 0.1) is 12.8 Å². The van der Waals surface area contributed by atoms with Gasteiger partial charge in [0.2, 0.25) is 12.3 Å². The molecule has 10 heteroatoms. The van der Waals surface area contributed by atoms with E-state index in [9.17, 15) is 13.6 Å². The van der Waals surface area contributed by atoms with Crippen LogP contribution in [0.5, 0.6) is 0 Å². The number of ether oxygens (including phenoxy) is 1. The first kappa shape index (κ1) is 25.4. The molecule has 36 heavy (non-hydrogen) atoms. The summed E-state index contributed by atoms with van der Waals surface area (Å²) in [7, 11) is 0. The monoisotopic (exact) mass is 534 g/mol. The highest BCUT2D eigenvalue weighted by molar-refractivity contribution is 7.19. The molecule has 1 N–H and O–H groups in total. The molecule has 2 fully saturated rings. The second kappa shape index (κ2) is 9.93. The van der Waals surface area contributed by atoms with E-state index in [-0.39, 0.29) is 30.6 Å². The van der Waals surface area contributed by atoms with Crippen LogP contribution < -0.4 is 5.32 Å². The summed E-state index contributed by atoms with van der Waals surface area (Å²) in [5, 5.41) is 4.09. The number of likely N-dealkylation sites (tertiary alicyclic amines) is 1. The lowest BCUT2D eigenvalue weighted by atomic mass is 9.93. The molecule has 2 unspecified atom stereocenters. The first-order valence-electron chi connectivity index (χ1n) is 12.1. The maximum Gasteiger partial charge on any atom is 0.243 e. The highest BCUT2D eigenvalue weighted by Crippen LogP contribution is 2.38. The number of benzene rings is 1. The van der Waals surface area contributed by atoms with Crippen LogP contribution in [0.4, 0.5) is 8.78 Å². The number of carbonyl (C=O) groups is 1. The van der Waals surface area contributed by atoms with E-state index < -0.39 is 12.3 Å². The maximum atomic E-state index is 13.1. The summed E-state index contributed by atoms with van der Waals surface area (Å²) >= 11 is 7.99. The van der Waals surface area contributed by atoms with Gasteiger partial charge in [0, 0.05) is 53.9 Å². The number of morpholine rings is 1. The van der Waals surface area contributed by atoms with Crippen LogP contribution in [0.2, 0.25) is 5.02 Å². The number of nitrogens with zero attached hydrogens (tertiary/aromatic N) is 3. The zero-order chi connectivity index (χ0) is 25.6. The Morgan fingerprint density at radius 3 is 2.83 bits per heavy atom. The summed E-state index contributed by atoms with van der Waals surface area (Å²) in [6.45, 7) is 8.14. The van der Waals surface area contributed by atoms with Crippen LogP contribution in [-0.4, -0.2) is 58.5 Å². The zero-order valence-electron chi connectivity index (χ0n) is 20.5. The number of hydrogen-bond acceptors (Lipinski definition) is 6. The molecule has 192 valence electrons. The van der Waals surface area contributed by atoms with Gasteiger partial charge in [-0.3, -0.25) is 4.79 Å². The molecule has 4 heterocycles. The molecule has 2 aliphatic rings. The Kier molecular flexibility index (Phi) is 7.02. The van der Waals surface area contributed by atoms with Crippen molar-refractivity contribution < 1.29 is 18.3 Å². The molecule has 0 radical (unpaired) electrons. The van der Waals surface area contributed by atoms with Gasteiger partial charge < -0.3 is 15.0 Å². The normalized spacial score (nSPS) is 22.2. The number of thiophene rings is 1. The number of aryl methyl sites for hydroxylation is 1. The number of rotatable bonds is 6. The summed E-state index contributed by atoms with van der Waals surface area (Å²) in [5.74, 6) is -1.14. The van der Waals surface area contributed by atoms with Gasteiger partial charge >= 0.3 is 0 Å². The van der Waals surface area contributed by atoms with E-state index in [0.717, 1.165) is 50.6 Å². The zero-order valence-corrected chi connectivity index (χ0v) is 22.1. The summed E-state index contributed by atoms with van der Waals surface area (Å²) in [4.78, 5) is 23.8. The molecule has 0 spiro atoms. The second-order valence-corrected chi connectivity index (χ2v) is 11.9. The van der Waals surface area contributed by atoms with Gasteiger partial charge in [0.05, 0.1) is 34.2 Å². The Balaban J connectivity index is 1.48. The molecule has 3 aromatic rings. The maximum absolute atomic E-state index is 13.1. The standard InChI is InChI=1S/C26H29ClF2N4O2S/c1-14-4-16(27)6-20(19(14)7-17-9-30-12-26(2,3)35-17)23-24-21(31-13-32-23)8-18(36-24)11-33-10-15(25(28)29)5-22(33)34/h4,6,8,13,15,17,25,30H,5,7,9-12H2,1-3H3. The smallest absolute Gasteiger partial charge is 0.243 e. The van der Waals surface area contributed by atoms with Crippen molar-refractivity contribution in [1.82, 2.24) is 20.2 Å². The van der Waals surface area contributed by atoms with E-state index >= 15 is 0 Å². The highest BCUT2D eigenvalue weighted by Gasteiger charge is 2.35. The van der Waals surface area contributed by atoms with Gasteiger partial charge in [-0.15, -0.1) is 11.3 Å². The fraction of sp³-hybridized carbons (Fsp3) is 0.500. The average Bonchev–Trinajstić information content (AvgIpc) is 3.38. The van der Waals surface area contributed by atoms with Gasteiger partial charge in [0.15, 0.2) is 0 Å². The number of fused-ring (bicyclic) bond motifs is 1. The fourth-order valence-electron chi connectivity index (χ4n) is 5.15. The van der Waals surface area contributed by atoms with E-state index in [2.05, 4.69) is 29.1 Å². The quantitative estimate of drug-likeness (QED) is 0.468. The Morgan fingerprint density at radius 1 is 1.31 bits per heavy atom. The van der Waals surface area contributed by atoms with Crippen LogP contribution >= 0.6 is 22.9 Å². The van der Waals surface area contributed by atoms with Gasteiger partial charge in [-0.1, -0.05) is 11.6 Å². The highest BCUT2D eigenvalue weighted by atomic mass is 35.5. The molecule has 0 bridgehead atoms. The molecule has 5 rings (SSSR count). The first-order chi connectivity index (χ1) is 17.1. The van der Waals surface area contributed by atoms with Crippen molar-refractivity contribution in [3.8, 4) is 11.3 Å². The lowest BCUT2D eigenvalue weighted by molar-refractivity contribution is -0.128. The Hall–Kier alpha value is -2.20. The predicted molar refractivity (Wildman–Crippen MR) is 138 cm³/mol. The molecule has 2 aliphatic heterocycles. The van der Waals surface area contributed by atoms with Gasteiger partial charge in [-0.25, -0.2) is 18.7 Å². The number of aromatic nitrogens is 2. The predicted octanol–water partition coefficient (Wildman–Crippen LogP) is 5.24. The number of carbonyl (C=O) groups excluding carboxylic acids is 1. The number of amides is 1. The minimum Gasteiger partial charge on any atom is -0.369 e. The third kappa shape index (κ3) is 5.25. The lowest BCUT2D eigenvalue weighted by Gasteiger charge is -2.37. The molecule has 2 saturated heterocycles. The number of halogens is 3. The van der Waals surface area contributed by atoms with Crippen LogP contribution in [0.15, 0.2) is 24.5 Å². The van der Waals surface area contributed by atoms with E-state index in [1.54, 1.807) is 0 Å². The minimum absolute atomic E-state index is 0.00700. The molecule has 0 aliphatic carbocycles. The van der Waals surface area contributed by atoms with Crippen LogP contribution in [0.25, 0.3) is 21.5 Å². The third-order valence-electron chi connectivity index (χ3n) is 6.84. The summed E-state index contributed by atoms with van der Waals surface area (Å²) in [5.41, 5.74) is 4.41. The molecular weight excluding hydrogens is 506 g/mol. The average molecular weight is 535 g/mol. The lowest BCUT2D eigenvalue weighted by Crippen LogP contribution is -2.51. The number of nitrogens with one attached hydrogen (secondary N) is 1. The third-order valence-corrected chi connectivity index (χ3v) is 8.18. The molecule has 2 atom stereocenters. The van der Waals surface area contributed by atoms with Crippen molar-refractivity contribution in [3.05, 3.63) is 45.6 Å². The van der Waals surface area contributed by atoms with Crippen molar-refractivity contribution in [2.75, 3.05) is 19.6 Å². The van der Waals surface area contributed by atoms with Crippen LogP contribution in [0.3, 0.4) is 0 Å². The molecule has 1 amide bonds. The Morgan fingerprint density at radius 2 is 2.11 bits per heavy atom. The van der Waals surface area contributed by atoms with Gasteiger partial charge in [0.1, 0.15) is 6.33 Å². The molecule has 6 nitrogen and oxygen atoms in total. The van der Waals surface area contributed by atoms with Crippen molar-refractivity contribution >= 4 is 39.1 Å². The molecule has 0 saturated carbocycles. The number of alkyl halides is 2. The molecular formula is C26H29ClF2N4O2S. The van der Waals surface area contributed by atoms with E-state index in [0.29, 0.717) is 18.0 Å².